The number of rotatable bonds is 3. The van der Waals surface area contributed by atoms with Gasteiger partial charge >= 0.3 is 5.97 Å². The summed E-state index contributed by atoms with van der Waals surface area (Å²) in [6.45, 7) is 0.851. The largest absolute Gasteiger partial charge is 0.481 e. The highest BCUT2D eigenvalue weighted by molar-refractivity contribution is 5.89. The molecule has 0 aliphatic carbocycles. The fraction of sp³-hybridized carbons (Fsp3) is 0.357. The van der Waals surface area contributed by atoms with Crippen LogP contribution >= 0.6 is 0 Å². The number of carbonyl (C=O) groups is 1. The summed E-state index contributed by atoms with van der Waals surface area (Å²) in [6, 6.07) is 5.01. The average Bonchev–Trinajstić information content (AvgIpc) is 2.88. The molecule has 21 heavy (non-hydrogen) atoms. The molecular weight excluding hydrogens is 272 g/mol. The Kier molecular flexibility index (Phi) is 3.34. The fourth-order valence-corrected chi connectivity index (χ4v) is 2.65. The van der Waals surface area contributed by atoms with Crippen molar-refractivity contribution in [2.45, 2.75) is 6.04 Å². The monoisotopic (exact) mass is 288 g/mol. The molecule has 0 aromatic carbocycles. The molecule has 1 aliphatic heterocycles. The molecule has 0 bridgehead atoms. The number of methoxy groups -OCH3 is 1. The van der Waals surface area contributed by atoms with Crippen LogP contribution in [0.25, 0.3) is 11.0 Å². The first-order chi connectivity index (χ1) is 10.1. The maximum Gasteiger partial charge on any atom is 0.309 e. The summed E-state index contributed by atoms with van der Waals surface area (Å²) in [5.41, 5.74) is 8.18. The van der Waals surface area contributed by atoms with Crippen molar-refractivity contribution >= 4 is 22.7 Å². The zero-order valence-electron chi connectivity index (χ0n) is 11.6. The van der Waals surface area contributed by atoms with Crippen molar-refractivity contribution in [1.29, 1.82) is 0 Å². The van der Waals surface area contributed by atoms with Crippen LogP contribution < -0.4 is 15.4 Å². The van der Waals surface area contributed by atoms with Crippen LogP contribution in [-0.4, -0.2) is 47.3 Å². The molecule has 3 rings (SSSR count). The van der Waals surface area contributed by atoms with Gasteiger partial charge in [-0.3, -0.25) is 9.78 Å². The number of hydrogen-bond donors (Lipinski definition) is 2. The first-order valence-corrected chi connectivity index (χ1v) is 6.63. The van der Waals surface area contributed by atoms with E-state index in [1.165, 1.54) is 0 Å². The van der Waals surface area contributed by atoms with Crippen LogP contribution in [0.3, 0.4) is 0 Å². The maximum atomic E-state index is 11.2. The second kappa shape index (κ2) is 5.17. The van der Waals surface area contributed by atoms with Gasteiger partial charge in [-0.05, 0) is 12.1 Å². The zero-order valence-corrected chi connectivity index (χ0v) is 11.6. The third kappa shape index (κ3) is 2.36. The molecule has 0 saturated carbocycles. The Morgan fingerprint density at radius 2 is 2.24 bits per heavy atom. The normalized spacial score (nSPS) is 21.7. The smallest absolute Gasteiger partial charge is 0.309 e. The highest BCUT2D eigenvalue weighted by Crippen LogP contribution is 2.29. The average molecular weight is 288 g/mol. The van der Waals surface area contributed by atoms with Gasteiger partial charge in [0.25, 0.3) is 0 Å². The summed E-state index contributed by atoms with van der Waals surface area (Å²) in [7, 11) is 1.55. The lowest BCUT2D eigenvalue weighted by atomic mass is 10.1. The van der Waals surface area contributed by atoms with Crippen LogP contribution in [0.1, 0.15) is 0 Å². The summed E-state index contributed by atoms with van der Waals surface area (Å²) in [5.74, 6) is -0.942. The van der Waals surface area contributed by atoms with Crippen LogP contribution in [-0.2, 0) is 4.79 Å². The van der Waals surface area contributed by atoms with Gasteiger partial charge in [0.05, 0.1) is 24.2 Å². The standard InChI is InChI=1S/C14H16N4O3/c1-21-12-3-2-10-13(17-12)11(4-5-16-10)18-6-8(14(19)20)9(15)7-18/h2-5,8-9H,6-7,15H2,1H3,(H,19,20)/t8-,9-/m1/s1. The highest BCUT2D eigenvalue weighted by Gasteiger charge is 2.36. The summed E-state index contributed by atoms with van der Waals surface area (Å²) in [5, 5.41) is 9.19. The van der Waals surface area contributed by atoms with Crippen molar-refractivity contribution in [1.82, 2.24) is 9.97 Å². The van der Waals surface area contributed by atoms with E-state index in [1.807, 2.05) is 17.0 Å². The molecule has 7 heteroatoms. The topological polar surface area (TPSA) is 102 Å². The van der Waals surface area contributed by atoms with Crippen molar-refractivity contribution in [2.75, 3.05) is 25.1 Å². The van der Waals surface area contributed by atoms with Crippen LogP contribution in [0.2, 0.25) is 0 Å². The highest BCUT2D eigenvalue weighted by atomic mass is 16.5. The molecular formula is C14H16N4O3. The Bertz CT molecular complexity index is 691. The van der Waals surface area contributed by atoms with Crippen molar-refractivity contribution in [3.63, 3.8) is 0 Å². The third-order valence-electron chi connectivity index (χ3n) is 3.77. The van der Waals surface area contributed by atoms with Gasteiger partial charge < -0.3 is 20.5 Å². The Labute approximate surface area is 121 Å². The Balaban J connectivity index is 2.03. The maximum absolute atomic E-state index is 11.2. The van der Waals surface area contributed by atoms with Crippen LogP contribution in [0, 0.1) is 5.92 Å². The summed E-state index contributed by atoms with van der Waals surface area (Å²) < 4.78 is 5.14. The first-order valence-electron chi connectivity index (χ1n) is 6.63. The van der Waals surface area contributed by atoms with Crippen LogP contribution in [0.5, 0.6) is 5.88 Å². The number of nitrogens with zero attached hydrogens (tertiary/aromatic N) is 3. The summed E-state index contributed by atoms with van der Waals surface area (Å²) in [4.78, 5) is 21.8. The van der Waals surface area contributed by atoms with E-state index in [2.05, 4.69) is 9.97 Å². The lowest BCUT2D eigenvalue weighted by Gasteiger charge is -2.19. The quantitative estimate of drug-likeness (QED) is 0.847. The number of hydrogen-bond acceptors (Lipinski definition) is 6. The van der Waals surface area contributed by atoms with E-state index < -0.39 is 17.9 Å². The van der Waals surface area contributed by atoms with Gasteiger partial charge in [0.15, 0.2) is 0 Å². The Morgan fingerprint density at radius 1 is 1.43 bits per heavy atom. The minimum absolute atomic E-state index is 0.370. The molecule has 3 heterocycles. The number of aliphatic carboxylic acids is 1. The molecule has 7 nitrogen and oxygen atoms in total. The molecule has 0 unspecified atom stereocenters. The van der Waals surface area contributed by atoms with E-state index in [0.29, 0.717) is 24.5 Å². The third-order valence-corrected chi connectivity index (χ3v) is 3.77. The Morgan fingerprint density at radius 3 is 2.90 bits per heavy atom. The van der Waals surface area contributed by atoms with E-state index in [-0.39, 0.29) is 0 Å². The number of pyridine rings is 2. The van der Waals surface area contributed by atoms with Gasteiger partial charge in [-0.25, -0.2) is 4.98 Å². The van der Waals surface area contributed by atoms with Gasteiger partial charge in [0.1, 0.15) is 5.52 Å². The predicted molar refractivity (Wildman–Crippen MR) is 77.4 cm³/mol. The van der Waals surface area contributed by atoms with Crippen molar-refractivity contribution in [3.05, 3.63) is 24.4 Å². The molecule has 0 radical (unpaired) electrons. The molecule has 3 N–H and O–H groups in total. The molecule has 2 aromatic heterocycles. The predicted octanol–water partition coefficient (Wildman–Crippen LogP) is 0.486. The molecule has 0 spiro atoms. The molecule has 2 aromatic rings. The first kappa shape index (κ1) is 13.6. The molecule has 1 saturated heterocycles. The number of ether oxygens (including phenoxy) is 1. The van der Waals surface area contributed by atoms with Gasteiger partial charge in [0.2, 0.25) is 5.88 Å². The minimum atomic E-state index is -0.867. The number of fused-ring (bicyclic) bond motifs is 1. The SMILES string of the molecule is COc1ccc2nccc(N3C[C@@H](N)[C@H](C(=O)O)C3)c2n1. The Hall–Kier alpha value is -2.41. The summed E-state index contributed by atoms with van der Waals surface area (Å²) in [6.07, 6.45) is 1.69. The van der Waals surface area contributed by atoms with E-state index in [9.17, 15) is 9.90 Å². The van der Waals surface area contributed by atoms with Gasteiger partial charge in [-0.1, -0.05) is 0 Å². The second-order valence-corrected chi connectivity index (χ2v) is 5.06. The van der Waals surface area contributed by atoms with E-state index in [4.69, 9.17) is 10.5 Å². The molecule has 0 amide bonds. The van der Waals surface area contributed by atoms with Crippen molar-refractivity contribution in [3.8, 4) is 5.88 Å². The zero-order chi connectivity index (χ0) is 15.0. The summed E-state index contributed by atoms with van der Waals surface area (Å²) >= 11 is 0. The van der Waals surface area contributed by atoms with E-state index >= 15 is 0 Å². The number of nitrogens with two attached hydrogens (primary N) is 1. The molecule has 1 fully saturated rings. The second-order valence-electron chi connectivity index (χ2n) is 5.06. The number of carboxylic acids is 1. The number of aromatic nitrogens is 2. The van der Waals surface area contributed by atoms with Gasteiger partial charge in [0, 0.05) is 31.4 Å². The van der Waals surface area contributed by atoms with Crippen molar-refractivity contribution < 1.29 is 14.6 Å². The number of anilines is 1. The molecule has 2 atom stereocenters. The fourth-order valence-electron chi connectivity index (χ4n) is 2.65. The van der Waals surface area contributed by atoms with Crippen LogP contribution in [0.4, 0.5) is 5.69 Å². The minimum Gasteiger partial charge on any atom is -0.481 e. The molecule has 1 aliphatic rings. The van der Waals surface area contributed by atoms with Crippen LogP contribution in [0.15, 0.2) is 24.4 Å². The van der Waals surface area contributed by atoms with E-state index in [1.54, 1.807) is 19.4 Å². The lowest BCUT2D eigenvalue weighted by Crippen LogP contribution is -2.33. The van der Waals surface area contributed by atoms with Gasteiger partial charge in [-0.2, -0.15) is 0 Å². The van der Waals surface area contributed by atoms with Crippen molar-refractivity contribution in [2.24, 2.45) is 11.7 Å². The van der Waals surface area contributed by atoms with Gasteiger partial charge in [-0.15, -0.1) is 0 Å². The van der Waals surface area contributed by atoms with E-state index in [0.717, 1.165) is 11.2 Å². The molecule has 110 valence electrons. The lowest BCUT2D eigenvalue weighted by molar-refractivity contribution is -0.141. The number of carboxylic acid groups (broad SMARTS) is 1.